The highest BCUT2D eigenvalue weighted by Gasteiger charge is 2.31. The number of carbonyl (C=O) groups is 1. The van der Waals surface area contributed by atoms with Crippen LogP contribution in [0.15, 0.2) is 66.7 Å². The van der Waals surface area contributed by atoms with Crippen LogP contribution in [-0.2, 0) is 22.5 Å². The summed E-state index contributed by atoms with van der Waals surface area (Å²) in [7, 11) is 0. The quantitative estimate of drug-likeness (QED) is 0.486. The first-order chi connectivity index (χ1) is 15.4. The van der Waals surface area contributed by atoms with Crippen LogP contribution in [0.4, 0.5) is 5.69 Å². The first-order valence-corrected chi connectivity index (χ1v) is 11.5. The number of carboxylic acid groups (broad SMARTS) is 1. The predicted molar refractivity (Wildman–Crippen MR) is 125 cm³/mol. The molecule has 1 aliphatic rings. The van der Waals surface area contributed by atoms with Gasteiger partial charge in [-0.25, -0.2) is 9.00 Å². The number of anilines is 1. The van der Waals surface area contributed by atoms with Crippen LogP contribution in [0.1, 0.15) is 35.6 Å². The van der Waals surface area contributed by atoms with Crippen molar-refractivity contribution >= 4 is 22.9 Å². The van der Waals surface area contributed by atoms with E-state index in [1.54, 1.807) is 12.1 Å². The highest BCUT2D eigenvalue weighted by Crippen LogP contribution is 2.41. The van der Waals surface area contributed by atoms with Crippen molar-refractivity contribution in [2.45, 2.75) is 32.2 Å². The van der Waals surface area contributed by atoms with Crippen molar-refractivity contribution in [1.29, 1.82) is 0 Å². The molecule has 0 bridgehead atoms. The summed E-state index contributed by atoms with van der Waals surface area (Å²) in [4.78, 5) is 11.0. The fourth-order valence-electron chi connectivity index (χ4n) is 4.33. The number of aryl methyl sites for hydroxylation is 1. The summed E-state index contributed by atoms with van der Waals surface area (Å²) < 4.78 is 29.8. The van der Waals surface area contributed by atoms with E-state index < -0.39 is 23.8 Å². The van der Waals surface area contributed by atoms with Gasteiger partial charge in [0.15, 0.2) is 6.61 Å². The average Bonchev–Trinajstić information content (AvgIpc) is 2.78. The lowest BCUT2D eigenvalue weighted by molar-refractivity contribution is -0.139. The Balaban J connectivity index is 1.73. The van der Waals surface area contributed by atoms with Gasteiger partial charge in [-0.05, 0) is 66.6 Å². The van der Waals surface area contributed by atoms with Crippen molar-refractivity contribution in [3.05, 3.63) is 83.4 Å². The van der Waals surface area contributed by atoms with E-state index in [0.29, 0.717) is 17.9 Å². The lowest BCUT2D eigenvalue weighted by Gasteiger charge is -2.35. The number of hydrogen-bond donors (Lipinski definition) is 2. The lowest BCUT2D eigenvalue weighted by atomic mass is 9.86. The van der Waals surface area contributed by atoms with Gasteiger partial charge in [-0.2, -0.15) is 0 Å². The molecule has 0 fully saturated rings. The zero-order chi connectivity index (χ0) is 22.7. The second kappa shape index (κ2) is 9.54. The number of nitrogens with zero attached hydrogens (tertiary/aromatic N) is 1. The van der Waals surface area contributed by atoms with E-state index in [1.165, 1.54) is 4.31 Å². The van der Waals surface area contributed by atoms with Crippen LogP contribution in [0.2, 0.25) is 0 Å². The van der Waals surface area contributed by atoms with Crippen LogP contribution in [-0.4, -0.2) is 26.4 Å². The number of carboxylic acids is 1. The minimum atomic E-state index is -2.25. The number of aliphatic carboxylic acids is 1. The second-order valence-corrected chi connectivity index (χ2v) is 8.75. The molecule has 0 heterocycles. The molecule has 0 aromatic heterocycles. The normalized spacial score (nSPS) is 16.1. The maximum absolute atomic E-state index is 12.5. The number of ether oxygens (including phenoxy) is 1. The van der Waals surface area contributed by atoms with Gasteiger partial charge in [-0.3, -0.25) is 8.86 Å². The monoisotopic (exact) mass is 451 g/mol. The van der Waals surface area contributed by atoms with Gasteiger partial charge in [0.25, 0.3) is 11.3 Å². The molecule has 1 aliphatic carbocycles. The van der Waals surface area contributed by atoms with E-state index in [9.17, 15) is 13.6 Å². The van der Waals surface area contributed by atoms with Gasteiger partial charge in [0.05, 0.1) is 11.7 Å². The lowest BCUT2D eigenvalue weighted by Crippen LogP contribution is -2.33. The number of hydrogen-bond acceptors (Lipinski definition) is 3. The molecule has 0 amide bonds. The summed E-state index contributed by atoms with van der Waals surface area (Å²) in [5.41, 5.74) is 5.60. The molecule has 4 rings (SSSR count). The summed E-state index contributed by atoms with van der Waals surface area (Å²) >= 11 is -2.25. The van der Waals surface area contributed by atoms with Gasteiger partial charge >= 0.3 is 5.97 Å². The molecule has 0 aliphatic heterocycles. The molecule has 2 atom stereocenters. The molecule has 0 saturated carbocycles. The van der Waals surface area contributed by atoms with E-state index in [0.717, 1.165) is 40.7 Å². The molecule has 6 nitrogen and oxygen atoms in total. The standard InChI is InChI=1S/C25H25NO5S/c1-17-6-2-7-18(14-17)19-8-3-9-20(15-19)26(32(29)30)23-12-4-11-22-21(23)10-5-13-24(22)31-16-25(27)28/h2-3,5-10,13-15,23H,4,11-12,16H2,1H3,(H,27,28)(H,29,30). The van der Waals surface area contributed by atoms with Crippen LogP contribution in [0.3, 0.4) is 0 Å². The number of fused-ring (bicyclic) bond motifs is 1. The van der Waals surface area contributed by atoms with Crippen LogP contribution in [0.25, 0.3) is 11.1 Å². The summed E-state index contributed by atoms with van der Waals surface area (Å²) in [5, 5.41) is 8.97. The van der Waals surface area contributed by atoms with Gasteiger partial charge in [0.1, 0.15) is 5.75 Å². The Kier molecular flexibility index (Phi) is 6.58. The van der Waals surface area contributed by atoms with Crippen molar-refractivity contribution < 1.29 is 23.4 Å². The first-order valence-electron chi connectivity index (χ1n) is 10.5. The van der Waals surface area contributed by atoms with E-state index in [-0.39, 0.29) is 6.04 Å². The van der Waals surface area contributed by atoms with Gasteiger partial charge in [-0.1, -0.05) is 54.1 Å². The zero-order valence-electron chi connectivity index (χ0n) is 17.7. The third-order valence-electron chi connectivity index (χ3n) is 5.69. The molecule has 32 heavy (non-hydrogen) atoms. The maximum atomic E-state index is 12.5. The summed E-state index contributed by atoms with van der Waals surface area (Å²) in [6, 6.07) is 20.9. The number of benzene rings is 3. The SMILES string of the molecule is Cc1cccc(-c2cccc(N(C3CCCc4c(OCC(=O)O)cccc43)S(=O)O)c2)c1. The van der Waals surface area contributed by atoms with Crippen molar-refractivity contribution in [2.24, 2.45) is 0 Å². The zero-order valence-corrected chi connectivity index (χ0v) is 18.5. The Morgan fingerprint density at radius 2 is 1.81 bits per heavy atom. The third kappa shape index (κ3) is 4.69. The summed E-state index contributed by atoms with van der Waals surface area (Å²) in [5.74, 6) is -0.521. The minimum absolute atomic E-state index is 0.328. The highest BCUT2D eigenvalue weighted by atomic mass is 32.2. The predicted octanol–water partition coefficient (Wildman–Crippen LogP) is 5.15. The molecule has 2 unspecified atom stereocenters. The van der Waals surface area contributed by atoms with E-state index in [4.69, 9.17) is 9.84 Å². The Morgan fingerprint density at radius 1 is 1.09 bits per heavy atom. The van der Waals surface area contributed by atoms with Gasteiger partial charge in [0.2, 0.25) is 0 Å². The first kappa shape index (κ1) is 22.0. The molecule has 0 radical (unpaired) electrons. The van der Waals surface area contributed by atoms with Gasteiger partial charge in [0, 0.05) is 0 Å². The van der Waals surface area contributed by atoms with Crippen molar-refractivity contribution in [3.8, 4) is 16.9 Å². The van der Waals surface area contributed by atoms with Gasteiger partial charge < -0.3 is 9.84 Å². The van der Waals surface area contributed by atoms with Crippen molar-refractivity contribution in [2.75, 3.05) is 10.9 Å². The molecule has 166 valence electrons. The molecule has 7 heteroatoms. The van der Waals surface area contributed by atoms with Crippen LogP contribution in [0.5, 0.6) is 5.75 Å². The third-order valence-corrected chi connectivity index (χ3v) is 6.49. The second-order valence-electron chi connectivity index (χ2n) is 7.89. The van der Waals surface area contributed by atoms with Crippen molar-refractivity contribution in [3.63, 3.8) is 0 Å². The fourth-order valence-corrected chi connectivity index (χ4v) is 5.07. The molecule has 3 aromatic rings. The topological polar surface area (TPSA) is 87.1 Å². The average molecular weight is 452 g/mol. The minimum Gasteiger partial charge on any atom is -0.482 e. The Morgan fingerprint density at radius 3 is 2.53 bits per heavy atom. The number of rotatable bonds is 7. The summed E-state index contributed by atoms with van der Waals surface area (Å²) in [6.07, 6.45) is 2.24. The Bertz CT molecular complexity index is 1160. The van der Waals surface area contributed by atoms with E-state index >= 15 is 0 Å². The Labute approximate surface area is 189 Å². The molecule has 2 N–H and O–H groups in total. The molecule has 0 spiro atoms. The van der Waals surface area contributed by atoms with Crippen LogP contribution in [0, 0.1) is 6.92 Å². The largest absolute Gasteiger partial charge is 0.482 e. The molecule has 3 aromatic carbocycles. The van der Waals surface area contributed by atoms with Crippen LogP contribution < -0.4 is 9.04 Å². The fraction of sp³-hybridized carbons (Fsp3) is 0.240. The van der Waals surface area contributed by atoms with Crippen molar-refractivity contribution in [1.82, 2.24) is 0 Å². The van der Waals surface area contributed by atoms with Gasteiger partial charge in [-0.15, -0.1) is 0 Å². The molecule has 0 saturated heterocycles. The van der Waals surface area contributed by atoms with E-state index in [2.05, 4.69) is 6.07 Å². The molecular weight excluding hydrogens is 426 g/mol. The smallest absolute Gasteiger partial charge is 0.341 e. The summed E-state index contributed by atoms with van der Waals surface area (Å²) in [6.45, 7) is 1.61. The highest BCUT2D eigenvalue weighted by molar-refractivity contribution is 7.80. The van der Waals surface area contributed by atoms with Crippen LogP contribution >= 0.6 is 0 Å². The van der Waals surface area contributed by atoms with E-state index in [1.807, 2.05) is 55.5 Å². The Hall–Kier alpha value is -3.16. The molecular formula is C25H25NO5S. The maximum Gasteiger partial charge on any atom is 0.341 e.